The molecule has 16 heteroatoms. The molecule has 2 aliphatic rings. The molecule has 0 fully saturated rings. The van der Waals surface area contributed by atoms with Gasteiger partial charge in [-0.2, -0.15) is 0 Å². The quantitative estimate of drug-likeness (QED) is 0.0856. The van der Waals surface area contributed by atoms with E-state index in [1.165, 1.54) is 60.4 Å². The molecule has 2 atom stereocenters. The molecule has 2 aromatic rings. The molecular weight excluding hydrogens is 764 g/mol. The Morgan fingerprint density at radius 3 is 1.44 bits per heavy atom. The second-order valence-electron chi connectivity index (χ2n) is 13.1. The van der Waals surface area contributed by atoms with Crippen molar-refractivity contribution < 1.29 is 57.8 Å². The van der Waals surface area contributed by atoms with Crippen LogP contribution in [0.15, 0.2) is 97.4 Å². The van der Waals surface area contributed by atoms with Gasteiger partial charge in [0.15, 0.2) is 23.0 Å². The molecule has 2 heterocycles. The molecule has 316 valence electrons. The molecule has 0 unspecified atom stereocenters. The summed E-state index contributed by atoms with van der Waals surface area (Å²) in [6, 6.07) is 4.75. The summed E-state index contributed by atoms with van der Waals surface area (Å²) in [6.07, 6.45) is 13.1. The number of aliphatic hydroxyl groups is 2. The largest absolute Gasteiger partial charge is 0.493 e. The van der Waals surface area contributed by atoms with E-state index in [9.17, 15) is 29.4 Å². The van der Waals surface area contributed by atoms with E-state index in [1.54, 1.807) is 12.4 Å². The zero-order valence-electron chi connectivity index (χ0n) is 33.7. The number of ether oxygens (including phenoxy) is 6. The molecular formula is C43H52N4O12. The number of aliphatic hydroxyl groups excluding tert-OH is 2. The number of nitrogens with one attached hydrogen (secondary N) is 2. The summed E-state index contributed by atoms with van der Waals surface area (Å²) in [5, 5.41) is 25.3. The number of amides is 4. The maximum atomic E-state index is 13.9. The Labute approximate surface area is 343 Å². The monoisotopic (exact) mass is 816 g/mol. The third kappa shape index (κ3) is 11.8. The van der Waals surface area contributed by atoms with E-state index in [4.69, 9.17) is 28.4 Å². The summed E-state index contributed by atoms with van der Waals surface area (Å²) >= 11 is 0. The van der Waals surface area contributed by atoms with Gasteiger partial charge >= 0.3 is 12.2 Å². The van der Waals surface area contributed by atoms with E-state index in [0.29, 0.717) is 19.3 Å². The van der Waals surface area contributed by atoms with Crippen molar-refractivity contribution in [2.24, 2.45) is 0 Å². The Morgan fingerprint density at radius 1 is 0.695 bits per heavy atom. The highest BCUT2D eigenvalue weighted by atomic mass is 16.6. The van der Waals surface area contributed by atoms with Gasteiger partial charge in [-0.3, -0.25) is 20.2 Å². The van der Waals surface area contributed by atoms with Crippen molar-refractivity contribution in [3.05, 3.63) is 109 Å². The first kappa shape index (κ1) is 45.2. The minimum Gasteiger partial charge on any atom is -0.493 e. The van der Waals surface area contributed by atoms with Crippen LogP contribution < -0.4 is 29.6 Å². The fourth-order valence-corrected chi connectivity index (χ4v) is 6.31. The molecule has 4 N–H and O–H groups in total. The summed E-state index contributed by atoms with van der Waals surface area (Å²) in [5.41, 5.74) is 2.01. The molecule has 2 aliphatic heterocycles. The lowest BCUT2D eigenvalue weighted by Gasteiger charge is -2.24. The second-order valence-corrected chi connectivity index (χ2v) is 13.1. The van der Waals surface area contributed by atoms with Gasteiger partial charge in [0.2, 0.25) is 0 Å². The van der Waals surface area contributed by atoms with Crippen molar-refractivity contribution >= 4 is 35.4 Å². The number of carbonyl (C=O) groups is 4. The fourth-order valence-electron chi connectivity index (χ4n) is 6.31. The van der Waals surface area contributed by atoms with Crippen LogP contribution in [0.3, 0.4) is 0 Å². The lowest BCUT2D eigenvalue weighted by atomic mass is 10.1. The molecule has 59 heavy (non-hydrogen) atoms. The van der Waals surface area contributed by atoms with Gasteiger partial charge in [-0.25, -0.2) is 9.59 Å². The SMILES string of the molecule is C=CCOC(=O)Nc1cc(OCCCOc2cc(NC(=O)OCC=C)c(C(=O)N3C=C(/C=C/C)C[C@H]3CO)cc2OC)c(OC)cc1C(=O)N1C=C(/C=C/C)C[C@H]1CO. The van der Waals surface area contributed by atoms with E-state index < -0.39 is 36.1 Å². The van der Waals surface area contributed by atoms with E-state index >= 15 is 0 Å². The predicted octanol–water partition coefficient (Wildman–Crippen LogP) is 6.35. The van der Waals surface area contributed by atoms with Gasteiger partial charge in [-0.15, -0.1) is 0 Å². The molecule has 0 saturated heterocycles. The Hall–Kier alpha value is -6.52. The third-order valence-electron chi connectivity index (χ3n) is 9.00. The molecule has 16 nitrogen and oxygen atoms in total. The number of methoxy groups -OCH3 is 2. The van der Waals surface area contributed by atoms with Crippen molar-refractivity contribution in [1.82, 2.24) is 9.80 Å². The van der Waals surface area contributed by atoms with Crippen LogP contribution in [0.4, 0.5) is 21.0 Å². The average Bonchev–Trinajstić information content (AvgIpc) is 3.85. The molecule has 0 saturated carbocycles. The summed E-state index contributed by atoms with van der Waals surface area (Å²) in [7, 11) is 2.82. The first-order valence-electron chi connectivity index (χ1n) is 18.9. The Bertz CT molecular complexity index is 1850. The predicted molar refractivity (Wildman–Crippen MR) is 221 cm³/mol. The molecule has 0 spiro atoms. The third-order valence-corrected chi connectivity index (χ3v) is 9.00. The number of anilines is 2. The molecule has 0 bridgehead atoms. The highest BCUT2D eigenvalue weighted by Crippen LogP contribution is 2.38. The standard InChI is InChI=1S/C43H52N4O12/c1-7-12-28-18-30(26-48)46(24-28)40(50)32-20-36(54-5)38(22-34(32)44-42(52)58-14-9-3)56-16-11-17-57-39-23-35(45-43(53)59-15-10-4)33(21-37(39)55-6)41(51)47-25-29(13-8-2)19-31(47)27-49/h7-10,12-13,20-25,30-31,48-49H,3-4,11,14-19,26-27H2,1-2,5-6H3,(H,44,52)(H,45,53)/b12-7+,13-8+/t30-,31-/m0/s1. The average molecular weight is 817 g/mol. The number of benzene rings is 2. The Morgan fingerprint density at radius 2 is 1.10 bits per heavy atom. The van der Waals surface area contributed by atoms with Crippen LogP contribution in [0.1, 0.15) is 53.8 Å². The lowest BCUT2D eigenvalue weighted by Crippen LogP contribution is -2.36. The number of hydrogen-bond acceptors (Lipinski definition) is 12. The number of allylic oxidation sites excluding steroid dienone is 4. The van der Waals surface area contributed by atoms with Crippen molar-refractivity contribution in [3.63, 3.8) is 0 Å². The zero-order chi connectivity index (χ0) is 42.9. The van der Waals surface area contributed by atoms with Gasteiger partial charge in [0.1, 0.15) is 13.2 Å². The van der Waals surface area contributed by atoms with E-state index in [-0.39, 0.29) is 85.1 Å². The van der Waals surface area contributed by atoms with Crippen molar-refractivity contribution in [2.45, 2.75) is 45.2 Å². The highest BCUT2D eigenvalue weighted by molar-refractivity contribution is 6.05. The van der Waals surface area contributed by atoms with Crippen LogP contribution in [-0.4, -0.2) is 110 Å². The molecule has 0 aromatic heterocycles. The second kappa shape index (κ2) is 22.4. The van der Waals surface area contributed by atoms with Crippen molar-refractivity contribution in [3.8, 4) is 23.0 Å². The molecule has 0 radical (unpaired) electrons. The van der Waals surface area contributed by atoms with E-state index in [2.05, 4.69) is 23.8 Å². The Balaban J connectivity index is 1.56. The molecule has 4 rings (SSSR count). The summed E-state index contributed by atoms with van der Waals surface area (Å²) in [4.78, 5) is 56.0. The van der Waals surface area contributed by atoms with Crippen LogP contribution in [0.5, 0.6) is 23.0 Å². The highest BCUT2D eigenvalue weighted by Gasteiger charge is 2.33. The van der Waals surface area contributed by atoms with Crippen LogP contribution >= 0.6 is 0 Å². The number of rotatable bonds is 20. The Kier molecular flexibility index (Phi) is 17.2. The maximum Gasteiger partial charge on any atom is 0.411 e. The van der Waals surface area contributed by atoms with Gasteiger partial charge in [-0.1, -0.05) is 49.6 Å². The summed E-state index contributed by atoms with van der Waals surface area (Å²) < 4.78 is 33.5. The van der Waals surface area contributed by atoms with Gasteiger partial charge in [-0.05, 0) is 50.0 Å². The lowest BCUT2D eigenvalue weighted by molar-refractivity contribution is 0.0726. The van der Waals surface area contributed by atoms with Gasteiger partial charge in [0, 0.05) is 31.0 Å². The molecule has 2 aromatic carbocycles. The number of carbonyl (C=O) groups excluding carboxylic acids is 4. The molecule has 0 aliphatic carbocycles. The fraction of sp³-hybridized carbons (Fsp3) is 0.349. The number of nitrogens with zero attached hydrogens (tertiary/aromatic N) is 2. The minimum atomic E-state index is -0.832. The maximum absolute atomic E-state index is 13.9. The van der Waals surface area contributed by atoms with E-state index in [0.717, 1.165) is 11.1 Å². The van der Waals surface area contributed by atoms with Crippen LogP contribution in [0.2, 0.25) is 0 Å². The van der Waals surface area contributed by atoms with Gasteiger partial charge in [0.25, 0.3) is 11.8 Å². The topological polar surface area (TPSA) is 195 Å². The first-order valence-corrected chi connectivity index (χ1v) is 18.9. The summed E-state index contributed by atoms with van der Waals surface area (Å²) in [5.74, 6) is -0.178. The van der Waals surface area contributed by atoms with Crippen molar-refractivity contribution in [1.29, 1.82) is 0 Å². The molecule has 4 amide bonds. The first-order chi connectivity index (χ1) is 28.5. The van der Waals surface area contributed by atoms with Gasteiger partial charge in [0.05, 0.1) is 75.2 Å². The zero-order valence-corrected chi connectivity index (χ0v) is 33.7. The van der Waals surface area contributed by atoms with Crippen molar-refractivity contribution in [2.75, 3.05) is 64.5 Å². The minimum absolute atomic E-state index is 0.0682. The number of hydrogen-bond donors (Lipinski definition) is 4. The summed E-state index contributed by atoms with van der Waals surface area (Å²) in [6.45, 7) is 10.3. The smallest absolute Gasteiger partial charge is 0.411 e. The van der Waals surface area contributed by atoms with Gasteiger partial charge < -0.3 is 48.4 Å². The normalized spacial score (nSPS) is 16.0. The van der Waals surface area contributed by atoms with Crippen LogP contribution in [0.25, 0.3) is 0 Å². The van der Waals surface area contributed by atoms with Crippen LogP contribution in [0, 0.1) is 0 Å². The van der Waals surface area contributed by atoms with E-state index in [1.807, 2.05) is 38.2 Å². The van der Waals surface area contributed by atoms with Crippen LogP contribution in [-0.2, 0) is 9.47 Å².